The van der Waals surface area contributed by atoms with Gasteiger partial charge in [0.15, 0.2) is 0 Å². The Kier molecular flexibility index (Phi) is 4.51. The summed E-state index contributed by atoms with van der Waals surface area (Å²) in [6.45, 7) is 4.31. The second-order valence-corrected chi connectivity index (χ2v) is 10.9. The minimum atomic E-state index is -0.521. The van der Waals surface area contributed by atoms with Gasteiger partial charge in [0, 0.05) is 47.7 Å². The number of likely N-dealkylation sites (tertiary alicyclic amines) is 1. The van der Waals surface area contributed by atoms with Crippen LogP contribution in [0.15, 0.2) is 53.5 Å². The van der Waals surface area contributed by atoms with Gasteiger partial charge in [-0.25, -0.2) is 0 Å². The molecule has 1 N–H and O–H groups in total. The van der Waals surface area contributed by atoms with Gasteiger partial charge in [-0.2, -0.15) is 0 Å². The molecule has 2 saturated carbocycles. The molecule has 3 fully saturated rings. The second-order valence-electron chi connectivity index (χ2n) is 10.9. The van der Waals surface area contributed by atoms with Gasteiger partial charge in [0.25, 0.3) is 5.91 Å². The van der Waals surface area contributed by atoms with E-state index in [0.717, 1.165) is 73.4 Å². The van der Waals surface area contributed by atoms with Crippen molar-refractivity contribution in [3.05, 3.63) is 59.8 Å². The summed E-state index contributed by atoms with van der Waals surface area (Å²) in [5.41, 5.74) is 5.11. The Balaban J connectivity index is 1.12. The van der Waals surface area contributed by atoms with E-state index < -0.39 is 5.54 Å². The minimum Gasteiger partial charge on any atom is -0.359 e. The second kappa shape index (κ2) is 7.54. The maximum Gasteiger partial charge on any atom is 0.256 e. The lowest BCUT2D eigenvalue weighted by molar-refractivity contribution is -0.131. The Morgan fingerprint density at radius 1 is 1.03 bits per heavy atom. The molecule has 1 atom stereocenters. The molecule has 178 valence electrons. The van der Waals surface area contributed by atoms with Crippen LogP contribution in [0.5, 0.6) is 0 Å². The number of nitrogens with one attached hydrogen (secondary N) is 1. The summed E-state index contributed by atoms with van der Waals surface area (Å²) < 4.78 is 0. The van der Waals surface area contributed by atoms with Crippen molar-refractivity contribution in [1.29, 1.82) is 0 Å². The molecule has 0 unspecified atom stereocenters. The molecule has 2 aliphatic heterocycles. The monoisotopic (exact) mass is 466 g/mol. The number of hydrogen-bond acceptors (Lipinski definition) is 3. The number of H-pyrrole nitrogens is 1. The lowest BCUT2D eigenvalue weighted by atomic mass is 10.0. The first-order valence-corrected chi connectivity index (χ1v) is 12.9. The molecule has 4 aliphatic rings. The van der Waals surface area contributed by atoms with E-state index >= 15 is 0 Å². The number of benzene rings is 2. The molecule has 6 nitrogen and oxygen atoms in total. The number of aryl methyl sites for hydroxylation is 1. The number of fused-ring (bicyclic) bond motifs is 1. The van der Waals surface area contributed by atoms with Crippen molar-refractivity contribution in [2.75, 3.05) is 19.6 Å². The van der Waals surface area contributed by atoms with Crippen molar-refractivity contribution in [3.8, 4) is 11.1 Å². The number of hydrogen-bond donors (Lipinski definition) is 1. The van der Waals surface area contributed by atoms with Gasteiger partial charge in [-0.1, -0.05) is 30.3 Å². The third-order valence-electron chi connectivity index (χ3n) is 8.14. The molecule has 7 rings (SSSR count). The largest absolute Gasteiger partial charge is 0.359 e. The Bertz CT molecular complexity index is 1380. The fourth-order valence-electron chi connectivity index (χ4n) is 5.79. The highest BCUT2D eigenvalue weighted by Gasteiger charge is 2.57. The first kappa shape index (κ1) is 20.9. The number of nitrogens with zero attached hydrogens (tertiary/aromatic N) is 3. The molecule has 2 aromatic carbocycles. The average molecular weight is 467 g/mol. The van der Waals surface area contributed by atoms with Crippen LogP contribution in [0.1, 0.15) is 43.4 Å². The van der Waals surface area contributed by atoms with Gasteiger partial charge in [0.1, 0.15) is 11.4 Å². The Morgan fingerprint density at radius 2 is 1.77 bits per heavy atom. The van der Waals surface area contributed by atoms with Crippen LogP contribution in [0.3, 0.4) is 0 Å². The first-order valence-electron chi connectivity index (χ1n) is 12.9. The predicted octanol–water partition coefficient (Wildman–Crippen LogP) is 4.52. The van der Waals surface area contributed by atoms with E-state index in [-0.39, 0.29) is 11.8 Å². The molecular formula is C29H30N4O2. The van der Waals surface area contributed by atoms with Crippen molar-refractivity contribution in [3.63, 3.8) is 0 Å². The fourth-order valence-corrected chi connectivity index (χ4v) is 5.79. The van der Waals surface area contributed by atoms with Crippen LogP contribution in [0.25, 0.3) is 22.0 Å². The SMILES string of the molecule is Cc1cc2cc(-c3ccc(C4=NC5(CC5)C(=O)N4C[C@@H]4CCN(C(=O)C5CC5)C4)cc3)ccc2[nH]1. The van der Waals surface area contributed by atoms with Gasteiger partial charge in [-0.3, -0.25) is 19.5 Å². The highest BCUT2D eigenvalue weighted by atomic mass is 16.2. The van der Waals surface area contributed by atoms with Crippen LogP contribution >= 0.6 is 0 Å². The van der Waals surface area contributed by atoms with Gasteiger partial charge in [0.05, 0.1) is 0 Å². The molecule has 1 spiro atoms. The maximum atomic E-state index is 13.3. The number of amides is 2. The molecule has 6 heteroatoms. The summed E-state index contributed by atoms with van der Waals surface area (Å²) in [5.74, 6) is 1.85. The van der Waals surface area contributed by atoms with Crippen LogP contribution in [0, 0.1) is 18.8 Å². The van der Waals surface area contributed by atoms with E-state index in [9.17, 15) is 9.59 Å². The highest BCUT2D eigenvalue weighted by molar-refractivity contribution is 6.16. The van der Waals surface area contributed by atoms with E-state index in [1.165, 1.54) is 10.9 Å². The Hall–Kier alpha value is -3.41. The summed E-state index contributed by atoms with van der Waals surface area (Å²) in [7, 11) is 0. The molecule has 1 saturated heterocycles. The third kappa shape index (κ3) is 3.58. The van der Waals surface area contributed by atoms with Gasteiger partial charge in [-0.15, -0.1) is 0 Å². The molecule has 1 aromatic heterocycles. The van der Waals surface area contributed by atoms with Gasteiger partial charge in [0.2, 0.25) is 5.91 Å². The molecular weight excluding hydrogens is 436 g/mol. The van der Waals surface area contributed by atoms with Gasteiger partial charge >= 0.3 is 0 Å². The Labute approximate surface area is 205 Å². The van der Waals surface area contributed by atoms with Crippen LogP contribution in [0.2, 0.25) is 0 Å². The van der Waals surface area contributed by atoms with Crippen molar-refractivity contribution in [1.82, 2.24) is 14.8 Å². The summed E-state index contributed by atoms with van der Waals surface area (Å²) in [6, 6.07) is 17.1. The summed E-state index contributed by atoms with van der Waals surface area (Å²) in [4.78, 5) is 38.1. The maximum absolute atomic E-state index is 13.3. The van der Waals surface area contributed by atoms with Crippen LogP contribution in [0.4, 0.5) is 0 Å². The predicted molar refractivity (Wildman–Crippen MR) is 136 cm³/mol. The lowest BCUT2D eigenvalue weighted by Gasteiger charge is -2.23. The van der Waals surface area contributed by atoms with E-state index in [0.29, 0.717) is 18.4 Å². The number of aliphatic imine (C=N–C) groups is 1. The Morgan fingerprint density at radius 3 is 2.51 bits per heavy atom. The van der Waals surface area contributed by atoms with Gasteiger partial charge in [-0.05, 0) is 74.3 Å². The number of aromatic amines is 1. The summed E-state index contributed by atoms with van der Waals surface area (Å²) in [6.07, 6.45) is 4.73. The van der Waals surface area contributed by atoms with E-state index in [1.807, 2.05) is 9.80 Å². The smallest absolute Gasteiger partial charge is 0.256 e. The summed E-state index contributed by atoms with van der Waals surface area (Å²) >= 11 is 0. The number of carbonyl (C=O) groups is 2. The zero-order valence-corrected chi connectivity index (χ0v) is 20.1. The molecule has 0 bridgehead atoms. The highest BCUT2D eigenvalue weighted by Crippen LogP contribution is 2.46. The molecule has 3 heterocycles. The number of aromatic nitrogens is 1. The standard InChI is InChI=1S/C29H30N4O2/c1-18-14-24-15-23(8-9-25(24)30-18)20-2-4-21(5-3-20)26-31-29(11-12-29)28(35)33(26)17-19-10-13-32(16-19)27(34)22-6-7-22/h2-5,8-9,14-15,19,22,30H,6-7,10-13,16-17H2,1H3/t19-/m1/s1. The van der Waals surface area contributed by atoms with E-state index in [2.05, 4.69) is 60.4 Å². The zero-order valence-electron chi connectivity index (χ0n) is 20.1. The molecule has 3 aromatic rings. The van der Waals surface area contributed by atoms with Crippen LogP contribution in [-0.4, -0.2) is 57.6 Å². The van der Waals surface area contributed by atoms with Crippen molar-refractivity contribution in [2.45, 2.75) is 44.6 Å². The molecule has 2 amide bonds. The fraction of sp³-hybridized carbons (Fsp3) is 0.414. The third-order valence-corrected chi connectivity index (χ3v) is 8.14. The molecule has 35 heavy (non-hydrogen) atoms. The minimum absolute atomic E-state index is 0.150. The average Bonchev–Trinajstić information content (AvgIpc) is 3.76. The lowest BCUT2D eigenvalue weighted by Crippen LogP contribution is -2.40. The number of rotatable bonds is 5. The molecule has 2 aliphatic carbocycles. The molecule has 0 radical (unpaired) electrons. The number of carbonyl (C=O) groups excluding carboxylic acids is 2. The van der Waals surface area contributed by atoms with E-state index in [1.54, 1.807) is 0 Å². The summed E-state index contributed by atoms with van der Waals surface area (Å²) in [5, 5.41) is 1.21. The first-order chi connectivity index (χ1) is 17.0. The van der Waals surface area contributed by atoms with Crippen molar-refractivity contribution in [2.24, 2.45) is 16.8 Å². The van der Waals surface area contributed by atoms with E-state index in [4.69, 9.17) is 4.99 Å². The van der Waals surface area contributed by atoms with Gasteiger partial charge < -0.3 is 9.88 Å². The van der Waals surface area contributed by atoms with Crippen LogP contribution in [-0.2, 0) is 9.59 Å². The van der Waals surface area contributed by atoms with Crippen molar-refractivity contribution >= 4 is 28.6 Å². The normalized spacial score (nSPS) is 22.9. The number of amidine groups is 1. The van der Waals surface area contributed by atoms with Crippen LogP contribution < -0.4 is 0 Å². The topological polar surface area (TPSA) is 68.8 Å². The quantitative estimate of drug-likeness (QED) is 0.601. The zero-order chi connectivity index (χ0) is 23.7. The van der Waals surface area contributed by atoms with Crippen molar-refractivity contribution < 1.29 is 9.59 Å².